The summed E-state index contributed by atoms with van der Waals surface area (Å²) < 4.78 is 3.04. The molecule has 0 amide bonds. The summed E-state index contributed by atoms with van der Waals surface area (Å²) in [6.45, 7) is 1.98. The van der Waals surface area contributed by atoms with E-state index in [1.807, 2.05) is 23.0 Å². The van der Waals surface area contributed by atoms with Crippen molar-refractivity contribution in [2.24, 2.45) is 0 Å². The highest BCUT2D eigenvalue weighted by Gasteiger charge is 2.25. The van der Waals surface area contributed by atoms with Crippen LogP contribution in [0.1, 0.15) is 12.5 Å². The molecule has 2 aromatic heterocycles. The van der Waals surface area contributed by atoms with E-state index in [1.165, 1.54) is 11.1 Å². The van der Waals surface area contributed by atoms with E-state index in [9.17, 15) is 0 Å². The molecule has 0 saturated carbocycles. The summed E-state index contributed by atoms with van der Waals surface area (Å²) in [4.78, 5) is 10.9. The molecule has 0 N–H and O–H groups in total. The average molecular weight is 344 g/mol. The third-order valence-corrected chi connectivity index (χ3v) is 4.49. The molecule has 1 aliphatic heterocycles. The quantitative estimate of drug-likeness (QED) is 0.717. The van der Waals surface area contributed by atoms with Crippen molar-refractivity contribution < 1.29 is 0 Å². The molecule has 1 atom stereocenters. The lowest BCUT2D eigenvalue weighted by Gasteiger charge is -2.20. The molecule has 1 aromatic carbocycles. The van der Waals surface area contributed by atoms with Crippen LogP contribution in [-0.4, -0.2) is 32.8 Å². The van der Waals surface area contributed by atoms with Gasteiger partial charge in [-0.15, -0.1) is 0 Å². The Hall–Kier alpha value is -1.95. The first-order chi connectivity index (χ1) is 10.3. The predicted molar refractivity (Wildman–Crippen MR) is 85.3 cm³/mol. The van der Waals surface area contributed by atoms with Crippen LogP contribution in [0.4, 0.5) is 5.69 Å². The van der Waals surface area contributed by atoms with E-state index in [-0.39, 0.29) is 0 Å². The number of rotatable bonds is 2. The van der Waals surface area contributed by atoms with Crippen molar-refractivity contribution in [1.29, 1.82) is 0 Å². The van der Waals surface area contributed by atoms with E-state index in [0.29, 0.717) is 6.04 Å². The van der Waals surface area contributed by atoms with Crippen molar-refractivity contribution in [3.63, 3.8) is 0 Å². The molecule has 1 saturated heterocycles. The lowest BCUT2D eigenvalue weighted by Crippen LogP contribution is -2.21. The second-order valence-corrected chi connectivity index (χ2v) is 6.17. The Morgan fingerprint density at radius 2 is 2.19 bits per heavy atom. The first-order valence-corrected chi connectivity index (χ1v) is 7.74. The summed E-state index contributed by atoms with van der Waals surface area (Å²) in [7, 11) is 0. The first kappa shape index (κ1) is 12.8. The normalized spacial score (nSPS) is 18.5. The minimum atomic E-state index is 0.392. The maximum absolute atomic E-state index is 4.45. The Balaban J connectivity index is 1.70. The third-order valence-electron chi connectivity index (χ3n) is 4.00. The summed E-state index contributed by atoms with van der Waals surface area (Å²) in [5.41, 5.74) is 2.27. The van der Waals surface area contributed by atoms with Crippen LogP contribution in [0.25, 0.3) is 10.9 Å². The Bertz CT molecular complexity index is 771. The van der Waals surface area contributed by atoms with Crippen LogP contribution in [0.15, 0.2) is 47.6 Å². The van der Waals surface area contributed by atoms with E-state index in [0.717, 1.165) is 29.5 Å². The van der Waals surface area contributed by atoms with Gasteiger partial charge in [0.05, 0.1) is 11.6 Å². The van der Waals surface area contributed by atoms with Gasteiger partial charge in [0.25, 0.3) is 0 Å². The number of anilines is 1. The summed E-state index contributed by atoms with van der Waals surface area (Å²) in [5.74, 6) is 0. The number of halogens is 1. The number of fused-ring (bicyclic) bond motifs is 1. The maximum atomic E-state index is 4.45. The molecule has 0 aliphatic carbocycles. The van der Waals surface area contributed by atoms with Gasteiger partial charge in [-0.25, -0.2) is 9.67 Å². The van der Waals surface area contributed by atoms with E-state index >= 15 is 0 Å². The van der Waals surface area contributed by atoms with Crippen molar-refractivity contribution in [2.75, 3.05) is 18.0 Å². The molecular weight excluding hydrogens is 330 g/mol. The number of hydrogen-bond donors (Lipinski definition) is 0. The number of aromatic nitrogens is 4. The van der Waals surface area contributed by atoms with Gasteiger partial charge in [0, 0.05) is 34.8 Å². The highest BCUT2D eigenvalue weighted by Crippen LogP contribution is 2.32. The Morgan fingerprint density at radius 3 is 3.05 bits per heavy atom. The predicted octanol–water partition coefficient (Wildman–Crippen LogP) is 3.04. The summed E-state index contributed by atoms with van der Waals surface area (Å²) in [6, 6.07) is 8.71. The third kappa shape index (κ3) is 2.29. The van der Waals surface area contributed by atoms with Gasteiger partial charge in [-0.1, -0.05) is 15.9 Å². The van der Waals surface area contributed by atoms with Crippen LogP contribution >= 0.6 is 15.9 Å². The standard InChI is InChI=1S/C15H14BrN5/c16-11-1-2-14-13(7-11)15(3-5-18-14)20-6-4-12(8-20)21-10-17-9-19-21/h1-3,5,7,9-10,12H,4,6,8H2. The molecule has 3 heterocycles. The largest absolute Gasteiger partial charge is 0.369 e. The Morgan fingerprint density at radius 1 is 1.24 bits per heavy atom. The Labute approximate surface area is 130 Å². The van der Waals surface area contributed by atoms with Gasteiger partial charge < -0.3 is 4.90 Å². The van der Waals surface area contributed by atoms with Gasteiger partial charge in [0.2, 0.25) is 0 Å². The fourth-order valence-electron chi connectivity index (χ4n) is 2.96. The average Bonchev–Trinajstić information content (AvgIpc) is 3.17. The van der Waals surface area contributed by atoms with E-state index < -0.39 is 0 Å². The van der Waals surface area contributed by atoms with Gasteiger partial charge >= 0.3 is 0 Å². The molecule has 3 aromatic rings. The molecule has 106 valence electrons. The van der Waals surface area contributed by atoms with Crippen LogP contribution in [0.3, 0.4) is 0 Å². The molecule has 6 heteroatoms. The fraction of sp³-hybridized carbons (Fsp3) is 0.267. The summed E-state index contributed by atoms with van der Waals surface area (Å²) >= 11 is 3.55. The minimum Gasteiger partial charge on any atom is -0.369 e. The van der Waals surface area contributed by atoms with E-state index in [4.69, 9.17) is 0 Å². The molecule has 5 nitrogen and oxygen atoms in total. The van der Waals surface area contributed by atoms with Crippen molar-refractivity contribution in [3.05, 3.63) is 47.6 Å². The van der Waals surface area contributed by atoms with Crippen LogP contribution < -0.4 is 4.90 Å². The SMILES string of the molecule is Brc1ccc2nccc(N3CCC(n4cncn4)C3)c2c1. The number of hydrogen-bond acceptors (Lipinski definition) is 4. The first-order valence-electron chi connectivity index (χ1n) is 6.94. The maximum Gasteiger partial charge on any atom is 0.137 e. The second kappa shape index (κ2) is 5.11. The molecular formula is C15H14BrN5. The molecule has 1 aliphatic rings. The van der Waals surface area contributed by atoms with Crippen molar-refractivity contribution in [2.45, 2.75) is 12.5 Å². The highest BCUT2D eigenvalue weighted by molar-refractivity contribution is 9.10. The zero-order chi connectivity index (χ0) is 14.2. The van der Waals surface area contributed by atoms with Crippen molar-refractivity contribution in [1.82, 2.24) is 19.7 Å². The van der Waals surface area contributed by atoms with Gasteiger partial charge in [-0.3, -0.25) is 4.98 Å². The van der Waals surface area contributed by atoms with Crippen LogP contribution in [0.2, 0.25) is 0 Å². The molecule has 21 heavy (non-hydrogen) atoms. The second-order valence-electron chi connectivity index (χ2n) is 5.26. The lowest BCUT2D eigenvalue weighted by atomic mass is 10.2. The van der Waals surface area contributed by atoms with E-state index in [2.05, 4.69) is 48.0 Å². The van der Waals surface area contributed by atoms with E-state index in [1.54, 1.807) is 12.7 Å². The molecule has 0 bridgehead atoms. The molecule has 1 unspecified atom stereocenters. The van der Waals surface area contributed by atoms with Crippen LogP contribution in [0, 0.1) is 0 Å². The lowest BCUT2D eigenvalue weighted by molar-refractivity contribution is 0.493. The smallest absolute Gasteiger partial charge is 0.137 e. The molecule has 1 fully saturated rings. The number of benzene rings is 1. The van der Waals surface area contributed by atoms with Crippen LogP contribution in [-0.2, 0) is 0 Å². The molecule has 0 spiro atoms. The van der Waals surface area contributed by atoms with Gasteiger partial charge in [0.1, 0.15) is 12.7 Å². The van der Waals surface area contributed by atoms with Gasteiger partial charge in [0.15, 0.2) is 0 Å². The minimum absolute atomic E-state index is 0.392. The van der Waals surface area contributed by atoms with Gasteiger partial charge in [-0.05, 0) is 30.7 Å². The summed E-state index contributed by atoms with van der Waals surface area (Å²) in [6.07, 6.45) is 6.37. The fourth-order valence-corrected chi connectivity index (χ4v) is 3.32. The molecule has 0 radical (unpaired) electrons. The van der Waals surface area contributed by atoms with Crippen LogP contribution in [0.5, 0.6) is 0 Å². The zero-order valence-corrected chi connectivity index (χ0v) is 12.9. The number of nitrogens with zero attached hydrogens (tertiary/aromatic N) is 5. The van der Waals surface area contributed by atoms with Crippen molar-refractivity contribution in [3.8, 4) is 0 Å². The topological polar surface area (TPSA) is 46.8 Å². The highest BCUT2D eigenvalue weighted by atomic mass is 79.9. The van der Waals surface area contributed by atoms with Gasteiger partial charge in [-0.2, -0.15) is 5.10 Å². The van der Waals surface area contributed by atoms with Crippen molar-refractivity contribution >= 4 is 32.5 Å². The summed E-state index contributed by atoms with van der Waals surface area (Å²) in [5, 5.41) is 5.45. The monoisotopic (exact) mass is 343 g/mol. The molecule has 4 rings (SSSR count). The number of pyridine rings is 1. The zero-order valence-electron chi connectivity index (χ0n) is 11.4. The Kier molecular flexibility index (Phi) is 3.11.